The first-order chi connectivity index (χ1) is 39.8. The molecule has 7 aromatic carbocycles. The van der Waals surface area contributed by atoms with Crippen LogP contribution in [0.5, 0.6) is 0 Å². The number of aryl methyl sites for hydroxylation is 4. The van der Waals surface area contributed by atoms with Crippen LogP contribution in [-0.2, 0) is 25.7 Å². The largest absolute Gasteiger partial charge is 0.0654 e. The Labute approximate surface area is 521 Å². The molecular formula is C84H126. The van der Waals surface area contributed by atoms with Crippen molar-refractivity contribution >= 4 is 0 Å². The molecule has 0 heterocycles. The van der Waals surface area contributed by atoms with Crippen molar-refractivity contribution in [2.45, 2.75) is 271 Å². The van der Waals surface area contributed by atoms with Gasteiger partial charge in [0.15, 0.2) is 0 Å². The van der Waals surface area contributed by atoms with Gasteiger partial charge in [0.05, 0.1) is 0 Å². The molecule has 7 aromatic rings. The number of hydrogen-bond donors (Lipinski definition) is 0. The van der Waals surface area contributed by atoms with E-state index in [4.69, 9.17) is 0 Å². The van der Waals surface area contributed by atoms with E-state index in [2.05, 4.69) is 336 Å². The lowest BCUT2D eigenvalue weighted by molar-refractivity contribution is 0.647. The van der Waals surface area contributed by atoms with Crippen LogP contribution in [0.4, 0.5) is 0 Å². The van der Waals surface area contributed by atoms with E-state index in [-0.39, 0.29) is 0 Å². The summed E-state index contributed by atoms with van der Waals surface area (Å²) in [6.07, 6.45) is 9.82. The third-order valence-electron chi connectivity index (χ3n) is 15.8. The Morgan fingerprint density at radius 1 is 0.250 bits per heavy atom. The fourth-order valence-electron chi connectivity index (χ4n) is 9.12. The zero-order valence-corrected chi connectivity index (χ0v) is 58.6. The summed E-state index contributed by atoms with van der Waals surface area (Å²) in [5, 5.41) is 0. The second-order valence-corrected chi connectivity index (χ2v) is 26.6. The molecule has 0 bridgehead atoms. The Bertz CT molecular complexity index is 2600. The molecule has 7 rings (SSSR count). The van der Waals surface area contributed by atoms with E-state index in [1.807, 2.05) is 0 Å². The summed E-state index contributed by atoms with van der Waals surface area (Å²) in [6.45, 7) is 53.4. The molecule has 0 amide bonds. The molecule has 0 fully saturated rings. The number of benzene rings is 7. The van der Waals surface area contributed by atoms with Gasteiger partial charge in [0, 0.05) is 0 Å². The van der Waals surface area contributed by atoms with Gasteiger partial charge in [0.2, 0.25) is 0 Å². The molecule has 0 spiro atoms. The summed E-state index contributed by atoms with van der Waals surface area (Å²) in [4.78, 5) is 0. The summed E-state index contributed by atoms with van der Waals surface area (Å²) in [5.74, 6) is 6.64. The number of rotatable bonds is 18. The molecule has 0 N–H and O–H groups in total. The van der Waals surface area contributed by atoms with Gasteiger partial charge in [0.1, 0.15) is 0 Å². The highest BCUT2D eigenvalue weighted by molar-refractivity contribution is 5.30. The molecule has 0 saturated heterocycles. The summed E-state index contributed by atoms with van der Waals surface area (Å²) in [7, 11) is 0. The summed E-state index contributed by atoms with van der Waals surface area (Å²) >= 11 is 0. The summed E-state index contributed by atoms with van der Waals surface area (Å²) < 4.78 is 0. The van der Waals surface area contributed by atoms with Gasteiger partial charge in [-0.15, -0.1) is 0 Å². The lowest BCUT2D eigenvalue weighted by Gasteiger charge is -2.11. The van der Waals surface area contributed by atoms with E-state index in [1.54, 1.807) is 0 Å². The van der Waals surface area contributed by atoms with Crippen LogP contribution in [0.1, 0.15) is 316 Å². The van der Waals surface area contributed by atoms with Gasteiger partial charge in [-0.05, 0) is 177 Å². The van der Waals surface area contributed by atoms with Crippen LogP contribution in [0.3, 0.4) is 0 Å². The molecule has 0 saturated carbocycles. The van der Waals surface area contributed by atoms with Crippen molar-refractivity contribution in [1.82, 2.24) is 0 Å². The molecule has 0 aliphatic heterocycles. The second-order valence-electron chi connectivity index (χ2n) is 26.6. The quantitative estimate of drug-likeness (QED) is 0.0803. The average molecular weight is 1140 g/mol. The van der Waals surface area contributed by atoms with Crippen LogP contribution in [0.2, 0.25) is 0 Å². The standard InChI is InChI=1S/3C13H20.2C12H18.C11H16.C10H14/c1-10(2)9-12-5-7-13(8-6-12)11(3)4;1-5-11(4)13-8-6-12(7-9-13)10(2)3;1-4-5-6-12-7-9-13(10-8-12)11(2)3;1-9(2)11-5-7-12(8-6-11)10(3)4;1-4-5-11-6-8-12(9-7-11)10(2)3;1-4-10-5-7-11(8-6-10)9(2)3;1-8(2)10-6-4-9(3)5-7-10/h5-8,10-11H,9H2,1-4H3;6-11H,5H2,1-4H3;7-11H,4-6H2,1-3H3;5-10H,1-4H3;6-10H,4-5H2,1-3H3;5-9H,4H2,1-3H3;4-8H,1-3H3. The van der Waals surface area contributed by atoms with Crippen LogP contribution in [0.25, 0.3) is 0 Å². The van der Waals surface area contributed by atoms with Gasteiger partial charge >= 0.3 is 0 Å². The minimum atomic E-state index is 0.644. The first kappa shape index (κ1) is 76.6. The van der Waals surface area contributed by atoms with Crippen molar-refractivity contribution in [3.8, 4) is 0 Å². The Hall–Kier alpha value is -5.46. The van der Waals surface area contributed by atoms with Crippen molar-refractivity contribution in [1.29, 1.82) is 0 Å². The normalized spacial score (nSPS) is 11.2. The molecule has 0 aromatic heterocycles. The Balaban J connectivity index is 0.000000491. The second kappa shape index (κ2) is 43.2. The molecule has 1 unspecified atom stereocenters. The lowest BCUT2D eigenvalue weighted by Crippen LogP contribution is -1.94. The maximum atomic E-state index is 2.28. The third kappa shape index (κ3) is 32.7. The summed E-state index contributed by atoms with van der Waals surface area (Å²) in [5.41, 5.74) is 20.1. The van der Waals surface area contributed by atoms with Crippen molar-refractivity contribution in [2.24, 2.45) is 5.92 Å². The first-order valence-corrected chi connectivity index (χ1v) is 33.4. The number of hydrogen-bond acceptors (Lipinski definition) is 0. The highest BCUT2D eigenvalue weighted by atomic mass is 14.1. The predicted octanol–water partition coefficient (Wildman–Crippen LogP) is 26.7. The smallest absolute Gasteiger partial charge is 0.0193 e. The fraction of sp³-hybridized carbons (Fsp3) is 0.500. The lowest BCUT2D eigenvalue weighted by atomic mass is 9.95. The molecule has 0 aliphatic rings. The highest BCUT2D eigenvalue weighted by Gasteiger charge is 2.06. The number of unbranched alkanes of at least 4 members (excludes halogenated alkanes) is 1. The predicted molar refractivity (Wildman–Crippen MR) is 382 cm³/mol. The monoisotopic (exact) mass is 1130 g/mol. The summed E-state index contributed by atoms with van der Waals surface area (Å²) in [6, 6.07) is 62.7. The van der Waals surface area contributed by atoms with E-state index in [0.717, 1.165) is 12.3 Å². The maximum absolute atomic E-state index is 2.28. The average Bonchev–Trinajstić information content (AvgIpc) is 3.49. The minimum absolute atomic E-state index is 0.644. The van der Waals surface area contributed by atoms with E-state index >= 15 is 0 Å². The van der Waals surface area contributed by atoms with Crippen molar-refractivity contribution in [2.75, 3.05) is 0 Å². The van der Waals surface area contributed by atoms with Crippen LogP contribution in [0, 0.1) is 12.8 Å². The van der Waals surface area contributed by atoms with Crippen molar-refractivity contribution in [3.63, 3.8) is 0 Å². The van der Waals surface area contributed by atoms with Crippen molar-refractivity contribution in [3.05, 3.63) is 248 Å². The van der Waals surface area contributed by atoms with Gasteiger partial charge in [-0.3, -0.25) is 0 Å². The fourth-order valence-corrected chi connectivity index (χ4v) is 9.12. The maximum Gasteiger partial charge on any atom is -0.0193 e. The molecule has 1 atom stereocenters. The van der Waals surface area contributed by atoms with Crippen LogP contribution in [-0.4, -0.2) is 0 Å². The van der Waals surface area contributed by atoms with E-state index < -0.39 is 0 Å². The third-order valence-corrected chi connectivity index (χ3v) is 15.8. The molecular weight excluding hydrogens is 1010 g/mol. The molecule has 0 nitrogen and oxygen atoms in total. The Morgan fingerprint density at radius 3 is 0.726 bits per heavy atom. The minimum Gasteiger partial charge on any atom is -0.0654 e. The highest BCUT2D eigenvalue weighted by Crippen LogP contribution is 2.24. The zero-order valence-electron chi connectivity index (χ0n) is 58.6. The van der Waals surface area contributed by atoms with Crippen molar-refractivity contribution < 1.29 is 0 Å². The van der Waals surface area contributed by atoms with Crippen LogP contribution < -0.4 is 0 Å². The molecule has 0 radical (unpaired) electrons. The Kier molecular flexibility index (Phi) is 39.4. The van der Waals surface area contributed by atoms with E-state index in [0.29, 0.717) is 53.3 Å². The zero-order chi connectivity index (χ0) is 63.3. The molecule has 462 valence electrons. The van der Waals surface area contributed by atoms with E-state index in [9.17, 15) is 0 Å². The first-order valence-electron chi connectivity index (χ1n) is 33.4. The van der Waals surface area contributed by atoms with Crippen LogP contribution >= 0.6 is 0 Å². The van der Waals surface area contributed by atoms with E-state index in [1.165, 1.54) is 123 Å². The Morgan fingerprint density at radius 2 is 0.488 bits per heavy atom. The molecule has 84 heavy (non-hydrogen) atoms. The van der Waals surface area contributed by atoms with Crippen LogP contribution in [0.15, 0.2) is 170 Å². The molecule has 0 heteroatoms. The van der Waals surface area contributed by atoms with Gasteiger partial charge in [-0.1, -0.05) is 348 Å². The van der Waals surface area contributed by atoms with Gasteiger partial charge in [-0.2, -0.15) is 0 Å². The van der Waals surface area contributed by atoms with Gasteiger partial charge < -0.3 is 0 Å². The van der Waals surface area contributed by atoms with Gasteiger partial charge in [0.25, 0.3) is 0 Å². The molecule has 0 aliphatic carbocycles. The SMILES string of the molecule is CC(C)Cc1ccc(C(C)C)cc1.CC(C)c1ccc(C(C)C)cc1.CCC(C)c1ccc(C(C)C)cc1.CCCCc1ccc(C(C)C)cc1.CCCc1ccc(C(C)C)cc1.CCc1ccc(C(C)C)cc1.Cc1ccc(C(C)C)cc1. The van der Waals surface area contributed by atoms with Gasteiger partial charge in [-0.25, -0.2) is 0 Å². The topological polar surface area (TPSA) is 0 Å².